The van der Waals surface area contributed by atoms with Crippen molar-refractivity contribution < 1.29 is 32.9 Å². The molecule has 0 radical (unpaired) electrons. The van der Waals surface area contributed by atoms with Gasteiger partial charge in [-0.05, 0) is 77.0 Å². The maximum Gasteiger partial charge on any atom is 0.268 e. The molecule has 0 saturated carbocycles. The molecule has 0 aliphatic carbocycles. The van der Waals surface area contributed by atoms with E-state index in [1.54, 1.807) is 6.08 Å². The van der Waals surface area contributed by atoms with Crippen molar-refractivity contribution in [3.05, 3.63) is 109 Å². The third-order valence-corrected chi connectivity index (χ3v) is 8.93. The molecular weight excluding hydrogens is 695 g/mol. The van der Waals surface area contributed by atoms with Crippen molar-refractivity contribution in [1.29, 1.82) is 0 Å². The number of aliphatic hydroxyl groups excluding tert-OH is 1. The second-order valence-corrected chi connectivity index (χ2v) is 15.7. The second kappa shape index (κ2) is 35.8. The van der Waals surface area contributed by atoms with Gasteiger partial charge >= 0.3 is 0 Å². The summed E-state index contributed by atoms with van der Waals surface area (Å²) in [5.74, 6) is -0.242. The number of allylic oxidation sites excluding steroid dienone is 17. The number of carbonyl (C=O) groups excluding carboxylic acids is 1. The highest BCUT2D eigenvalue weighted by atomic mass is 31.2. The summed E-state index contributed by atoms with van der Waals surface area (Å²) in [6.45, 7) is 4.24. The van der Waals surface area contributed by atoms with Crippen LogP contribution in [0.2, 0.25) is 0 Å². The zero-order valence-corrected chi connectivity index (χ0v) is 35.3. The van der Waals surface area contributed by atoms with E-state index in [1.807, 2.05) is 34.1 Å². The molecule has 0 rings (SSSR count). The van der Waals surface area contributed by atoms with Crippen molar-refractivity contribution in [2.24, 2.45) is 0 Å². The SMILES string of the molecule is CC/C=C\C/C=C\C/C=C\C/C=C\C/C=C\C/C=C\C/C=C\C/C=C\CCCCCCC(=O)NC(COP(=O)([O-])OCC[N+](C)(C)C)C(O)/C=C/CCC. The number of nitrogens with zero attached hydrogens (tertiary/aromatic N) is 1. The van der Waals surface area contributed by atoms with Crippen molar-refractivity contribution in [1.82, 2.24) is 5.32 Å². The molecule has 2 N–H and O–H groups in total. The van der Waals surface area contributed by atoms with Crippen LogP contribution in [-0.4, -0.2) is 68.5 Å². The minimum absolute atomic E-state index is 0.0151. The molecule has 0 aliphatic rings. The highest BCUT2D eigenvalue weighted by Crippen LogP contribution is 2.38. The van der Waals surface area contributed by atoms with E-state index in [1.165, 1.54) is 0 Å². The summed E-state index contributed by atoms with van der Waals surface area (Å²) in [4.78, 5) is 24.9. The minimum Gasteiger partial charge on any atom is -0.756 e. The number of likely N-dealkylation sites (N-methyl/N-ethyl adjacent to an activating group) is 1. The molecule has 1 amide bonds. The number of amides is 1. The van der Waals surface area contributed by atoms with Gasteiger partial charge < -0.3 is 28.8 Å². The van der Waals surface area contributed by atoms with E-state index in [9.17, 15) is 19.4 Å². The van der Waals surface area contributed by atoms with Crippen molar-refractivity contribution >= 4 is 13.7 Å². The Morgan fingerprint density at radius 2 is 1.13 bits per heavy atom. The molecule has 3 atom stereocenters. The quantitative estimate of drug-likeness (QED) is 0.0292. The monoisotopic (exact) mass is 771 g/mol. The first-order chi connectivity index (χ1) is 26.0. The number of phosphoric acid groups is 1. The lowest BCUT2D eigenvalue weighted by molar-refractivity contribution is -0.870. The van der Waals surface area contributed by atoms with E-state index in [4.69, 9.17) is 9.05 Å². The van der Waals surface area contributed by atoms with Crippen LogP contribution in [0.3, 0.4) is 0 Å². The van der Waals surface area contributed by atoms with Crippen LogP contribution in [0.15, 0.2) is 109 Å². The highest BCUT2D eigenvalue weighted by Gasteiger charge is 2.23. The lowest BCUT2D eigenvalue weighted by atomic mass is 10.1. The molecule has 0 aliphatic heterocycles. The van der Waals surface area contributed by atoms with E-state index in [0.717, 1.165) is 96.3 Å². The van der Waals surface area contributed by atoms with Gasteiger partial charge in [0.05, 0.1) is 39.9 Å². The zero-order valence-electron chi connectivity index (χ0n) is 34.4. The van der Waals surface area contributed by atoms with Crippen LogP contribution in [-0.2, 0) is 18.4 Å². The Kier molecular flexibility index (Phi) is 34.0. The molecule has 0 aromatic rings. The van der Waals surface area contributed by atoms with E-state index in [2.05, 4.69) is 109 Å². The Hall–Kier alpha value is -2.84. The molecule has 0 aromatic carbocycles. The topological polar surface area (TPSA) is 108 Å². The summed E-state index contributed by atoms with van der Waals surface area (Å²) < 4.78 is 22.8. The summed E-state index contributed by atoms with van der Waals surface area (Å²) in [6.07, 6.45) is 52.3. The first-order valence-electron chi connectivity index (χ1n) is 20.2. The Morgan fingerprint density at radius 3 is 1.59 bits per heavy atom. The van der Waals surface area contributed by atoms with Crippen LogP contribution in [0.25, 0.3) is 0 Å². The molecule has 0 bridgehead atoms. The van der Waals surface area contributed by atoms with Gasteiger partial charge in [-0.3, -0.25) is 9.36 Å². The molecule has 0 saturated heterocycles. The largest absolute Gasteiger partial charge is 0.756 e. The maximum atomic E-state index is 12.6. The molecule has 0 spiro atoms. The number of aliphatic hydroxyl groups is 1. The summed E-state index contributed by atoms with van der Waals surface area (Å²) in [6, 6.07) is -0.903. The molecule has 9 heteroatoms. The smallest absolute Gasteiger partial charge is 0.268 e. The fourth-order valence-corrected chi connectivity index (χ4v) is 5.48. The molecule has 0 fully saturated rings. The summed E-state index contributed by atoms with van der Waals surface area (Å²) >= 11 is 0. The molecule has 0 heterocycles. The van der Waals surface area contributed by atoms with E-state index >= 15 is 0 Å². The number of rotatable bonds is 34. The van der Waals surface area contributed by atoms with Gasteiger partial charge in [-0.15, -0.1) is 0 Å². The lowest BCUT2D eigenvalue weighted by Crippen LogP contribution is -2.45. The molecule has 0 aromatic heterocycles. The summed E-state index contributed by atoms with van der Waals surface area (Å²) in [5, 5.41) is 13.4. The standard InChI is InChI=1S/C45H75N2O6P/c1-6-8-10-11-12-13-14-15-16-17-18-19-20-21-22-23-24-25-26-27-28-29-30-31-32-33-34-35-37-39-45(49)46-43(44(48)38-36-9-7-2)42-53-54(50,51)52-41-40-47(3,4)5/h8,10,12-13,15-16,18-19,21-22,24-25,27-28,30-31,36,38,43-44,48H,6-7,9,11,14,17,20,23,26,29,32-35,37,39-42H2,1-5H3,(H-,46,49,50,51)/b10-8-,13-12-,16-15-,19-18-,22-21-,25-24-,28-27-,31-30-,38-36+. The maximum absolute atomic E-state index is 12.6. The number of nitrogens with one attached hydrogen (secondary N) is 1. The number of hydrogen-bond donors (Lipinski definition) is 2. The third kappa shape index (κ3) is 37.5. The van der Waals surface area contributed by atoms with Gasteiger partial charge in [-0.25, -0.2) is 0 Å². The van der Waals surface area contributed by atoms with Crippen LogP contribution in [0.5, 0.6) is 0 Å². The van der Waals surface area contributed by atoms with E-state index in [-0.39, 0.29) is 12.5 Å². The van der Waals surface area contributed by atoms with Crippen molar-refractivity contribution in [2.75, 3.05) is 40.9 Å². The van der Waals surface area contributed by atoms with Crippen molar-refractivity contribution in [2.45, 2.75) is 129 Å². The first-order valence-corrected chi connectivity index (χ1v) is 21.7. The van der Waals surface area contributed by atoms with Crippen LogP contribution < -0.4 is 10.2 Å². The van der Waals surface area contributed by atoms with Crippen LogP contribution in [0.1, 0.15) is 117 Å². The highest BCUT2D eigenvalue weighted by molar-refractivity contribution is 7.45. The number of carbonyl (C=O) groups is 1. The van der Waals surface area contributed by atoms with Gasteiger partial charge in [0.2, 0.25) is 5.91 Å². The Morgan fingerprint density at radius 1 is 0.667 bits per heavy atom. The van der Waals surface area contributed by atoms with E-state index in [0.29, 0.717) is 17.4 Å². The number of phosphoric ester groups is 1. The first kappa shape index (κ1) is 51.2. The van der Waals surface area contributed by atoms with E-state index < -0.39 is 26.6 Å². The van der Waals surface area contributed by atoms with Gasteiger partial charge in [0.1, 0.15) is 13.2 Å². The summed E-state index contributed by atoms with van der Waals surface area (Å²) in [5.41, 5.74) is 0. The van der Waals surface area contributed by atoms with Gasteiger partial charge in [0.15, 0.2) is 0 Å². The molecule has 8 nitrogen and oxygen atoms in total. The average molecular weight is 771 g/mol. The molecule has 54 heavy (non-hydrogen) atoms. The Balaban J connectivity index is 4.10. The Labute approximate surface area is 330 Å². The van der Waals surface area contributed by atoms with Crippen LogP contribution >= 0.6 is 7.82 Å². The second-order valence-electron chi connectivity index (χ2n) is 14.3. The number of unbranched alkanes of at least 4 members (excludes halogenated alkanes) is 5. The normalized spacial score (nSPS) is 15.6. The average Bonchev–Trinajstić information content (AvgIpc) is 3.12. The Bertz CT molecular complexity index is 1240. The van der Waals surface area contributed by atoms with Gasteiger partial charge in [-0.2, -0.15) is 0 Å². The molecule has 306 valence electrons. The van der Waals surface area contributed by atoms with Gasteiger partial charge in [0.25, 0.3) is 7.82 Å². The van der Waals surface area contributed by atoms with Gasteiger partial charge in [0, 0.05) is 6.42 Å². The van der Waals surface area contributed by atoms with Crippen LogP contribution in [0.4, 0.5) is 0 Å². The number of quaternary nitrogens is 1. The fourth-order valence-electron chi connectivity index (χ4n) is 4.76. The third-order valence-electron chi connectivity index (χ3n) is 7.97. The molecule has 3 unspecified atom stereocenters. The zero-order chi connectivity index (χ0) is 40.0. The molecular formula is C45H75N2O6P. The van der Waals surface area contributed by atoms with Crippen LogP contribution in [0, 0.1) is 0 Å². The van der Waals surface area contributed by atoms with Gasteiger partial charge in [-0.1, -0.05) is 142 Å². The summed E-state index contributed by atoms with van der Waals surface area (Å²) in [7, 11) is 1.21. The minimum atomic E-state index is -4.58. The van der Waals surface area contributed by atoms with Crippen molar-refractivity contribution in [3.63, 3.8) is 0 Å². The number of hydrogen-bond acceptors (Lipinski definition) is 6. The predicted molar refractivity (Wildman–Crippen MR) is 228 cm³/mol. The fraction of sp³-hybridized carbons (Fsp3) is 0.578. The predicted octanol–water partition coefficient (Wildman–Crippen LogP) is 10.3. The lowest BCUT2D eigenvalue weighted by Gasteiger charge is -2.29. The van der Waals surface area contributed by atoms with Crippen molar-refractivity contribution in [3.8, 4) is 0 Å².